The van der Waals surface area contributed by atoms with Crippen molar-refractivity contribution in [3.8, 4) is 0 Å². The van der Waals surface area contributed by atoms with Crippen LogP contribution in [0.4, 0.5) is 5.69 Å². The quantitative estimate of drug-likeness (QED) is 0.847. The highest BCUT2D eigenvalue weighted by Crippen LogP contribution is 2.33. The number of carbonyl (C=O) groups excluding carboxylic acids is 1. The van der Waals surface area contributed by atoms with E-state index in [1.807, 2.05) is 54.7 Å². The van der Waals surface area contributed by atoms with E-state index in [4.69, 9.17) is 0 Å². The minimum atomic E-state index is 0.0227. The molecule has 0 aliphatic carbocycles. The summed E-state index contributed by atoms with van der Waals surface area (Å²) >= 11 is 0. The van der Waals surface area contributed by atoms with Crippen molar-refractivity contribution >= 4 is 11.6 Å². The van der Waals surface area contributed by atoms with Gasteiger partial charge in [0.05, 0.1) is 18.6 Å². The topological polar surface area (TPSA) is 44.6 Å². The van der Waals surface area contributed by atoms with Crippen molar-refractivity contribution in [1.82, 2.24) is 19.4 Å². The van der Waals surface area contributed by atoms with Crippen LogP contribution in [0.1, 0.15) is 12.2 Å². The minimum Gasteiger partial charge on any atom is -0.337 e. The monoisotopic (exact) mass is 339 g/mol. The second-order valence-electron chi connectivity index (χ2n) is 7.31. The van der Waals surface area contributed by atoms with E-state index in [0.717, 1.165) is 44.1 Å². The molecular formula is C19H25N5O. The summed E-state index contributed by atoms with van der Waals surface area (Å²) in [6.45, 7) is 4.09. The summed E-state index contributed by atoms with van der Waals surface area (Å²) in [5.41, 5.74) is 1.03. The smallest absolute Gasteiger partial charge is 0.241 e. The number of aryl methyl sites for hydroxylation is 1. The first-order valence-corrected chi connectivity index (χ1v) is 8.83. The number of aromatic nitrogens is 2. The summed E-state index contributed by atoms with van der Waals surface area (Å²) in [5, 5.41) is 0. The van der Waals surface area contributed by atoms with Crippen LogP contribution in [0.5, 0.6) is 0 Å². The predicted octanol–water partition coefficient (Wildman–Crippen LogP) is 1.34. The molecule has 1 aromatic carbocycles. The maximum atomic E-state index is 12.6. The summed E-state index contributed by atoms with van der Waals surface area (Å²) in [7, 11) is 4.13. The fourth-order valence-corrected chi connectivity index (χ4v) is 4.07. The fraction of sp³-hybridized carbons (Fsp3) is 0.474. The van der Waals surface area contributed by atoms with Crippen molar-refractivity contribution < 1.29 is 4.79 Å². The second kappa shape index (κ2) is 6.28. The van der Waals surface area contributed by atoms with Crippen LogP contribution in [0.3, 0.4) is 0 Å². The van der Waals surface area contributed by atoms with Crippen molar-refractivity contribution in [2.75, 3.05) is 38.1 Å². The number of imidazole rings is 1. The average molecular weight is 339 g/mol. The van der Waals surface area contributed by atoms with E-state index in [2.05, 4.69) is 26.4 Å². The van der Waals surface area contributed by atoms with Gasteiger partial charge in [0.2, 0.25) is 5.91 Å². The van der Waals surface area contributed by atoms with Gasteiger partial charge >= 0.3 is 0 Å². The lowest BCUT2D eigenvalue weighted by Crippen LogP contribution is -2.64. The Kier molecular flexibility index (Phi) is 4.09. The zero-order chi connectivity index (χ0) is 17.4. The molecule has 0 unspecified atom stereocenters. The van der Waals surface area contributed by atoms with E-state index in [0.29, 0.717) is 6.54 Å². The highest BCUT2D eigenvalue weighted by molar-refractivity contribution is 5.96. The Morgan fingerprint density at radius 3 is 2.68 bits per heavy atom. The largest absolute Gasteiger partial charge is 0.337 e. The van der Waals surface area contributed by atoms with Crippen molar-refractivity contribution in [1.29, 1.82) is 0 Å². The molecule has 0 saturated carbocycles. The number of benzene rings is 1. The van der Waals surface area contributed by atoms with Gasteiger partial charge in [0.25, 0.3) is 0 Å². The van der Waals surface area contributed by atoms with Crippen LogP contribution in [0.25, 0.3) is 0 Å². The number of carbonyl (C=O) groups is 1. The molecule has 1 aromatic heterocycles. The molecule has 1 amide bonds. The second-order valence-corrected chi connectivity index (χ2v) is 7.31. The number of anilines is 1. The molecule has 0 radical (unpaired) electrons. The van der Waals surface area contributed by atoms with Gasteiger partial charge in [0.1, 0.15) is 5.82 Å². The highest BCUT2D eigenvalue weighted by Gasteiger charge is 2.47. The van der Waals surface area contributed by atoms with Crippen LogP contribution >= 0.6 is 0 Å². The average Bonchev–Trinajstić information content (AvgIpc) is 3.20. The zero-order valence-corrected chi connectivity index (χ0v) is 14.9. The third-order valence-electron chi connectivity index (χ3n) is 5.70. The van der Waals surface area contributed by atoms with Gasteiger partial charge in [0.15, 0.2) is 0 Å². The molecule has 6 heteroatoms. The molecule has 3 heterocycles. The third-order valence-corrected chi connectivity index (χ3v) is 5.70. The number of hydrogen-bond donors (Lipinski definition) is 0. The van der Waals surface area contributed by atoms with Gasteiger partial charge < -0.3 is 9.47 Å². The van der Waals surface area contributed by atoms with Crippen molar-refractivity contribution in [3.05, 3.63) is 48.5 Å². The highest BCUT2D eigenvalue weighted by atomic mass is 16.2. The van der Waals surface area contributed by atoms with Gasteiger partial charge in [-0.05, 0) is 25.6 Å². The van der Waals surface area contributed by atoms with E-state index in [1.165, 1.54) is 0 Å². The van der Waals surface area contributed by atoms with Crippen molar-refractivity contribution in [2.45, 2.75) is 18.5 Å². The Hall–Kier alpha value is -2.18. The lowest BCUT2D eigenvalue weighted by Gasteiger charge is -2.47. The Bertz CT molecular complexity index is 758. The van der Waals surface area contributed by atoms with Gasteiger partial charge in [-0.25, -0.2) is 4.98 Å². The van der Waals surface area contributed by atoms with E-state index in [1.54, 1.807) is 0 Å². The van der Waals surface area contributed by atoms with E-state index in [-0.39, 0.29) is 11.4 Å². The number of para-hydroxylation sites is 1. The molecule has 2 aliphatic rings. The van der Waals surface area contributed by atoms with E-state index >= 15 is 0 Å². The molecule has 4 rings (SSSR count). The van der Waals surface area contributed by atoms with E-state index < -0.39 is 0 Å². The summed E-state index contributed by atoms with van der Waals surface area (Å²) in [6.07, 6.45) is 4.91. The lowest BCUT2D eigenvalue weighted by molar-refractivity contribution is -0.123. The summed E-state index contributed by atoms with van der Waals surface area (Å²) in [6, 6.07) is 10.0. The van der Waals surface area contributed by atoms with E-state index in [9.17, 15) is 4.79 Å². The number of amides is 1. The van der Waals surface area contributed by atoms with Crippen LogP contribution in [-0.4, -0.2) is 64.0 Å². The Morgan fingerprint density at radius 2 is 1.96 bits per heavy atom. The van der Waals surface area contributed by atoms with Gasteiger partial charge in [0, 0.05) is 44.8 Å². The molecule has 1 spiro atoms. The molecule has 1 atom stereocenters. The summed E-state index contributed by atoms with van der Waals surface area (Å²) in [4.78, 5) is 23.7. The zero-order valence-electron chi connectivity index (χ0n) is 14.9. The Balaban J connectivity index is 1.52. The van der Waals surface area contributed by atoms with Crippen LogP contribution < -0.4 is 4.90 Å². The fourth-order valence-electron chi connectivity index (χ4n) is 4.07. The molecular weight excluding hydrogens is 314 g/mol. The molecule has 0 N–H and O–H groups in total. The molecule has 0 bridgehead atoms. The number of piperazine rings is 1. The maximum absolute atomic E-state index is 12.6. The first kappa shape index (κ1) is 16.3. The minimum absolute atomic E-state index is 0.0227. The van der Waals surface area contributed by atoms with Crippen LogP contribution in [0, 0.1) is 0 Å². The van der Waals surface area contributed by atoms with Crippen LogP contribution in [-0.2, 0) is 18.4 Å². The first-order valence-electron chi connectivity index (χ1n) is 8.83. The SMILES string of the molecule is CN1CC(=O)N(c2ccccc2)C[C@@]12CCN(Cc1nccn1C)C2. The van der Waals surface area contributed by atoms with Gasteiger partial charge in [-0.15, -0.1) is 0 Å². The third kappa shape index (κ3) is 2.96. The Morgan fingerprint density at radius 1 is 1.16 bits per heavy atom. The molecule has 2 fully saturated rings. The number of rotatable bonds is 3. The summed E-state index contributed by atoms with van der Waals surface area (Å²) < 4.78 is 2.08. The normalized spacial score (nSPS) is 25.2. The first-order chi connectivity index (χ1) is 12.1. The lowest BCUT2D eigenvalue weighted by atomic mass is 9.92. The predicted molar refractivity (Wildman–Crippen MR) is 97.3 cm³/mol. The van der Waals surface area contributed by atoms with Gasteiger partial charge in [-0.3, -0.25) is 14.6 Å². The number of likely N-dealkylation sites (N-methyl/N-ethyl adjacent to an activating group) is 1. The summed E-state index contributed by atoms with van der Waals surface area (Å²) in [5.74, 6) is 1.27. The molecule has 2 saturated heterocycles. The van der Waals surface area contributed by atoms with Crippen LogP contribution in [0.2, 0.25) is 0 Å². The molecule has 132 valence electrons. The van der Waals surface area contributed by atoms with Crippen molar-refractivity contribution in [3.63, 3.8) is 0 Å². The van der Waals surface area contributed by atoms with Crippen LogP contribution in [0.15, 0.2) is 42.7 Å². The van der Waals surface area contributed by atoms with Crippen molar-refractivity contribution in [2.24, 2.45) is 7.05 Å². The molecule has 25 heavy (non-hydrogen) atoms. The number of hydrogen-bond acceptors (Lipinski definition) is 4. The molecule has 2 aliphatic heterocycles. The maximum Gasteiger partial charge on any atom is 0.241 e. The Labute approximate surface area is 148 Å². The van der Waals surface area contributed by atoms with Gasteiger partial charge in [-0.1, -0.05) is 18.2 Å². The van der Waals surface area contributed by atoms with Gasteiger partial charge in [-0.2, -0.15) is 0 Å². The standard InChI is InChI=1S/C19H25N5O/c1-21-11-9-20-17(21)12-23-10-8-19(14-23)15-24(18(25)13-22(19)2)16-6-4-3-5-7-16/h3-7,9,11H,8,10,12-15H2,1-2H3/t19-/m0/s1. The number of likely N-dealkylation sites (tertiary alicyclic amines) is 1. The number of nitrogens with zero attached hydrogens (tertiary/aromatic N) is 5. The molecule has 2 aromatic rings. The molecule has 6 nitrogen and oxygen atoms in total.